The first-order valence-corrected chi connectivity index (χ1v) is 11.4. The molecule has 0 aliphatic carbocycles. The Bertz CT molecular complexity index is 436. The summed E-state index contributed by atoms with van der Waals surface area (Å²) in [6, 6.07) is 8.73. The first kappa shape index (κ1) is 21.1. The van der Waals surface area contributed by atoms with Crippen molar-refractivity contribution in [3.8, 4) is 5.75 Å². The van der Waals surface area contributed by atoms with E-state index in [0.717, 1.165) is 12.4 Å². The van der Waals surface area contributed by atoms with Gasteiger partial charge in [0.2, 0.25) is 0 Å². The second-order valence-corrected chi connectivity index (χ2v) is 7.93. The monoisotopic (exact) mass is 359 g/mol. The van der Waals surface area contributed by atoms with E-state index in [1.165, 1.54) is 109 Å². The average Bonchev–Trinajstić information content (AvgIpc) is 2.70. The predicted molar refractivity (Wildman–Crippen MR) is 114 cm³/mol. The van der Waals surface area contributed by atoms with E-state index < -0.39 is 0 Å². The summed E-state index contributed by atoms with van der Waals surface area (Å²) in [6.07, 6.45) is 19.3. The molecule has 2 heteroatoms. The number of ether oxygens (including phenoxy) is 1. The third-order valence-electron chi connectivity index (χ3n) is 5.57. The van der Waals surface area contributed by atoms with Gasteiger partial charge in [-0.1, -0.05) is 71.1 Å². The molecule has 1 heterocycles. The molecule has 0 amide bonds. The quantitative estimate of drug-likeness (QED) is 0.322. The zero-order valence-corrected chi connectivity index (χ0v) is 17.2. The van der Waals surface area contributed by atoms with Crippen LogP contribution in [0.5, 0.6) is 5.75 Å². The summed E-state index contributed by atoms with van der Waals surface area (Å²) in [4.78, 5) is 2.50. The highest BCUT2D eigenvalue weighted by molar-refractivity contribution is 5.49. The van der Waals surface area contributed by atoms with Gasteiger partial charge in [-0.3, -0.25) is 0 Å². The number of unbranched alkanes of at least 4 members (excludes halogenated alkanes) is 10. The fraction of sp³-hybridized carbons (Fsp3) is 0.750. The number of rotatable bonds is 14. The van der Waals surface area contributed by atoms with Gasteiger partial charge in [-0.2, -0.15) is 0 Å². The lowest BCUT2D eigenvalue weighted by Crippen LogP contribution is -2.29. The standard InChI is InChI=1S/C24H41NO/c1-2-3-4-5-6-7-8-9-10-11-15-22-26-24-18-16-23(17-19-24)25-20-13-12-14-21-25/h16-19H,2-15,20-22H2,1H3. The van der Waals surface area contributed by atoms with Crippen molar-refractivity contribution in [3.05, 3.63) is 24.3 Å². The lowest BCUT2D eigenvalue weighted by Gasteiger charge is -2.28. The highest BCUT2D eigenvalue weighted by atomic mass is 16.5. The van der Waals surface area contributed by atoms with Crippen LogP contribution >= 0.6 is 0 Å². The summed E-state index contributed by atoms with van der Waals surface area (Å²) in [5.41, 5.74) is 1.35. The Balaban J connectivity index is 1.43. The first-order valence-electron chi connectivity index (χ1n) is 11.4. The molecule has 2 nitrogen and oxygen atoms in total. The Labute approximate surface area is 162 Å². The van der Waals surface area contributed by atoms with Crippen LogP contribution in [0.3, 0.4) is 0 Å². The van der Waals surface area contributed by atoms with Gasteiger partial charge in [0.15, 0.2) is 0 Å². The molecule has 148 valence electrons. The maximum Gasteiger partial charge on any atom is 0.119 e. The third kappa shape index (κ3) is 8.96. The van der Waals surface area contributed by atoms with E-state index in [9.17, 15) is 0 Å². The molecule has 0 saturated carbocycles. The molecule has 1 fully saturated rings. The summed E-state index contributed by atoms with van der Waals surface area (Å²) in [6.45, 7) is 5.56. The van der Waals surface area contributed by atoms with Gasteiger partial charge < -0.3 is 9.64 Å². The van der Waals surface area contributed by atoms with Crippen molar-refractivity contribution in [2.45, 2.75) is 96.8 Å². The zero-order chi connectivity index (χ0) is 18.3. The molecule has 0 radical (unpaired) electrons. The van der Waals surface area contributed by atoms with Gasteiger partial charge >= 0.3 is 0 Å². The molecular formula is C24H41NO. The van der Waals surface area contributed by atoms with Crippen molar-refractivity contribution in [3.63, 3.8) is 0 Å². The SMILES string of the molecule is CCCCCCCCCCCCCOc1ccc(N2CCCCC2)cc1. The van der Waals surface area contributed by atoms with Gasteiger partial charge in [0, 0.05) is 18.8 Å². The van der Waals surface area contributed by atoms with Crippen LogP contribution in [-0.2, 0) is 0 Å². The molecule has 0 unspecified atom stereocenters. The van der Waals surface area contributed by atoms with Gasteiger partial charge in [0.05, 0.1) is 6.61 Å². The van der Waals surface area contributed by atoms with Crippen molar-refractivity contribution in [2.75, 3.05) is 24.6 Å². The van der Waals surface area contributed by atoms with Crippen molar-refractivity contribution in [1.29, 1.82) is 0 Å². The van der Waals surface area contributed by atoms with E-state index in [2.05, 4.69) is 36.1 Å². The molecular weight excluding hydrogens is 318 g/mol. The summed E-state index contributed by atoms with van der Waals surface area (Å²) in [5.74, 6) is 1.03. The van der Waals surface area contributed by atoms with Gasteiger partial charge in [-0.25, -0.2) is 0 Å². The smallest absolute Gasteiger partial charge is 0.119 e. The van der Waals surface area contributed by atoms with Crippen molar-refractivity contribution in [2.24, 2.45) is 0 Å². The molecule has 26 heavy (non-hydrogen) atoms. The van der Waals surface area contributed by atoms with Crippen LogP contribution in [-0.4, -0.2) is 19.7 Å². The van der Waals surface area contributed by atoms with Gasteiger partial charge in [-0.15, -0.1) is 0 Å². The second kappa shape index (κ2) is 13.9. The highest BCUT2D eigenvalue weighted by Crippen LogP contribution is 2.23. The second-order valence-electron chi connectivity index (χ2n) is 7.93. The van der Waals surface area contributed by atoms with E-state index in [1.54, 1.807) is 0 Å². The lowest BCUT2D eigenvalue weighted by molar-refractivity contribution is 0.304. The minimum absolute atomic E-state index is 0.861. The fourth-order valence-corrected chi connectivity index (χ4v) is 3.86. The Morgan fingerprint density at radius 3 is 1.81 bits per heavy atom. The molecule has 0 N–H and O–H groups in total. The number of hydrogen-bond donors (Lipinski definition) is 0. The van der Waals surface area contributed by atoms with Crippen LogP contribution in [0.15, 0.2) is 24.3 Å². The summed E-state index contributed by atoms with van der Waals surface area (Å²) in [7, 11) is 0. The molecule has 1 aliphatic rings. The Morgan fingerprint density at radius 1 is 0.692 bits per heavy atom. The van der Waals surface area contributed by atoms with Gasteiger partial charge in [-0.05, 0) is 49.9 Å². The van der Waals surface area contributed by atoms with Crippen LogP contribution in [0.1, 0.15) is 96.8 Å². The Morgan fingerprint density at radius 2 is 1.23 bits per heavy atom. The molecule has 1 aromatic rings. The zero-order valence-electron chi connectivity index (χ0n) is 17.2. The average molecular weight is 360 g/mol. The third-order valence-corrected chi connectivity index (χ3v) is 5.57. The van der Waals surface area contributed by atoms with Crippen LogP contribution in [0.25, 0.3) is 0 Å². The van der Waals surface area contributed by atoms with E-state index in [4.69, 9.17) is 4.74 Å². The number of anilines is 1. The summed E-state index contributed by atoms with van der Waals surface area (Å²) < 4.78 is 5.91. The predicted octanol–water partition coefficient (Wildman–Crippen LogP) is 7.37. The number of piperidine rings is 1. The largest absolute Gasteiger partial charge is 0.494 e. The van der Waals surface area contributed by atoms with E-state index >= 15 is 0 Å². The molecule has 1 saturated heterocycles. The Kier molecular flexibility index (Phi) is 11.3. The molecule has 0 spiro atoms. The summed E-state index contributed by atoms with van der Waals surface area (Å²) >= 11 is 0. The van der Waals surface area contributed by atoms with Crippen molar-refractivity contribution < 1.29 is 4.74 Å². The molecule has 1 aliphatic heterocycles. The highest BCUT2D eigenvalue weighted by Gasteiger charge is 2.10. The molecule has 0 atom stereocenters. The van der Waals surface area contributed by atoms with Crippen LogP contribution in [0, 0.1) is 0 Å². The van der Waals surface area contributed by atoms with Crippen LogP contribution in [0.2, 0.25) is 0 Å². The maximum atomic E-state index is 5.91. The van der Waals surface area contributed by atoms with Crippen LogP contribution in [0.4, 0.5) is 5.69 Å². The van der Waals surface area contributed by atoms with Crippen molar-refractivity contribution in [1.82, 2.24) is 0 Å². The first-order chi connectivity index (χ1) is 12.9. The van der Waals surface area contributed by atoms with Gasteiger partial charge in [0.1, 0.15) is 5.75 Å². The fourth-order valence-electron chi connectivity index (χ4n) is 3.86. The maximum absolute atomic E-state index is 5.91. The molecule has 1 aromatic carbocycles. The minimum Gasteiger partial charge on any atom is -0.494 e. The number of hydrogen-bond acceptors (Lipinski definition) is 2. The topological polar surface area (TPSA) is 12.5 Å². The van der Waals surface area contributed by atoms with Gasteiger partial charge in [0.25, 0.3) is 0 Å². The molecule has 0 aromatic heterocycles. The van der Waals surface area contributed by atoms with Crippen molar-refractivity contribution >= 4 is 5.69 Å². The van der Waals surface area contributed by atoms with Crippen LogP contribution < -0.4 is 9.64 Å². The van der Waals surface area contributed by atoms with E-state index in [0.29, 0.717) is 0 Å². The number of benzene rings is 1. The summed E-state index contributed by atoms with van der Waals surface area (Å²) in [5, 5.41) is 0. The Hall–Kier alpha value is -1.18. The normalized spacial score (nSPS) is 14.6. The minimum atomic E-state index is 0.861. The molecule has 2 rings (SSSR count). The molecule has 0 bridgehead atoms. The van der Waals surface area contributed by atoms with E-state index in [1.807, 2.05) is 0 Å². The number of nitrogens with zero attached hydrogens (tertiary/aromatic N) is 1. The lowest BCUT2D eigenvalue weighted by atomic mass is 10.1. The van der Waals surface area contributed by atoms with E-state index in [-0.39, 0.29) is 0 Å².